The summed E-state index contributed by atoms with van der Waals surface area (Å²) in [5.41, 5.74) is 19.8. The van der Waals surface area contributed by atoms with Gasteiger partial charge in [-0.05, 0) is 122 Å². The summed E-state index contributed by atoms with van der Waals surface area (Å²) in [6, 6.07) is 87.7. The van der Waals surface area contributed by atoms with Crippen LogP contribution in [-0.2, 0) is 5.41 Å². The van der Waals surface area contributed by atoms with Gasteiger partial charge in [0.25, 0.3) is 0 Å². The molecule has 3 nitrogen and oxygen atoms in total. The molecule has 66 heavy (non-hydrogen) atoms. The Kier molecular flexibility index (Phi) is 9.50. The first-order valence-corrected chi connectivity index (χ1v) is 22.8. The van der Waals surface area contributed by atoms with E-state index in [9.17, 15) is 0 Å². The van der Waals surface area contributed by atoms with Gasteiger partial charge in [0.1, 0.15) is 5.58 Å². The zero-order chi connectivity index (χ0) is 44.2. The first-order chi connectivity index (χ1) is 32.5. The molecule has 0 N–H and O–H groups in total. The highest BCUT2D eigenvalue weighted by atomic mass is 16.3. The maximum Gasteiger partial charge on any atom is 0.159 e. The average molecular weight is 847 g/mol. The fourth-order valence-corrected chi connectivity index (χ4v) is 10.3. The number of nitrogens with zero attached hydrogens (tertiary/aromatic N) is 2. The van der Waals surface area contributed by atoms with E-state index in [4.69, 9.17) is 4.42 Å². The predicted molar refractivity (Wildman–Crippen MR) is 277 cm³/mol. The summed E-state index contributed by atoms with van der Waals surface area (Å²) in [6.07, 6.45) is 0. The molecule has 0 saturated carbocycles. The molecule has 314 valence electrons. The molecule has 0 aliphatic heterocycles. The van der Waals surface area contributed by atoms with Crippen LogP contribution in [-0.4, -0.2) is 0 Å². The summed E-state index contributed by atoms with van der Waals surface area (Å²) in [5, 5.41) is 2.17. The minimum Gasteiger partial charge on any atom is -0.454 e. The molecular weight excluding hydrogens is 801 g/mol. The van der Waals surface area contributed by atoms with Crippen molar-refractivity contribution in [3.8, 4) is 44.5 Å². The first-order valence-electron chi connectivity index (χ1n) is 22.8. The molecule has 0 bridgehead atoms. The molecule has 1 aromatic heterocycles. The van der Waals surface area contributed by atoms with E-state index in [0.717, 1.165) is 89.4 Å². The molecular formula is C63H46N2O. The Morgan fingerprint density at radius 1 is 0.333 bits per heavy atom. The van der Waals surface area contributed by atoms with Gasteiger partial charge >= 0.3 is 0 Å². The topological polar surface area (TPSA) is 19.6 Å². The lowest BCUT2D eigenvalue weighted by Crippen LogP contribution is -2.17. The van der Waals surface area contributed by atoms with Gasteiger partial charge < -0.3 is 14.2 Å². The molecule has 11 aromatic rings. The zero-order valence-corrected chi connectivity index (χ0v) is 36.9. The highest BCUT2D eigenvalue weighted by molar-refractivity contribution is 6.11. The molecule has 1 aliphatic rings. The predicted octanol–water partition coefficient (Wildman–Crippen LogP) is 17.8. The van der Waals surface area contributed by atoms with E-state index in [0.29, 0.717) is 0 Å². The van der Waals surface area contributed by atoms with Crippen molar-refractivity contribution in [2.75, 3.05) is 9.80 Å². The van der Waals surface area contributed by atoms with Crippen molar-refractivity contribution >= 4 is 56.1 Å². The van der Waals surface area contributed by atoms with Gasteiger partial charge in [-0.15, -0.1) is 0 Å². The van der Waals surface area contributed by atoms with E-state index >= 15 is 0 Å². The monoisotopic (exact) mass is 846 g/mol. The minimum absolute atomic E-state index is 0.206. The number of furan rings is 1. The normalized spacial score (nSPS) is 12.5. The van der Waals surface area contributed by atoms with Crippen molar-refractivity contribution < 1.29 is 4.42 Å². The summed E-state index contributed by atoms with van der Waals surface area (Å²) in [6.45, 7) is 4.71. The van der Waals surface area contributed by atoms with Crippen LogP contribution in [0.4, 0.5) is 34.1 Å². The van der Waals surface area contributed by atoms with E-state index in [1.807, 2.05) is 0 Å². The lowest BCUT2D eigenvalue weighted by molar-refractivity contribution is 0.660. The van der Waals surface area contributed by atoms with Crippen molar-refractivity contribution in [3.63, 3.8) is 0 Å². The van der Waals surface area contributed by atoms with Gasteiger partial charge in [0.05, 0.1) is 5.69 Å². The summed E-state index contributed by atoms with van der Waals surface area (Å²) in [5.74, 6) is 0. The molecule has 10 aromatic carbocycles. The van der Waals surface area contributed by atoms with Crippen LogP contribution in [0.1, 0.15) is 25.0 Å². The highest BCUT2D eigenvalue weighted by Gasteiger charge is 2.36. The lowest BCUT2D eigenvalue weighted by atomic mass is 9.82. The number of rotatable bonds is 9. The summed E-state index contributed by atoms with van der Waals surface area (Å²) < 4.78 is 6.92. The molecule has 0 atom stereocenters. The summed E-state index contributed by atoms with van der Waals surface area (Å²) in [7, 11) is 0. The van der Waals surface area contributed by atoms with Gasteiger partial charge in [-0.3, -0.25) is 0 Å². The van der Waals surface area contributed by atoms with Crippen molar-refractivity contribution in [2.45, 2.75) is 19.3 Å². The highest BCUT2D eigenvalue weighted by Crippen LogP contribution is 2.53. The molecule has 0 saturated heterocycles. The minimum atomic E-state index is -0.206. The van der Waals surface area contributed by atoms with E-state index in [-0.39, 0.29) is 5.41 Å². The Balaban J connectivity index is 1.20. The van der Waals surface area contributed by atoms with E-state index in [2.05, 4.69) is 266 Å². The Bertz CT molecular complexity index is 3460. The second-order valence-electron chi connectivity index (χ2n) is 17.7. The van der Waals surface area contributed by atoms with Crippen molar-refractivity contribution in [1.82, 2.24) is 0 Å². The fourth-order valence-electron chi connectivity index (χ4n) is 10.3. The quantitative estimate of drug-likeness (QED) is 0.144. The largest absolute Gasteiger partial charge is 0.454 e. The fraction of sp³-hybridized carbons (Fsp3) is 0.0476. The number of hydrogen-bond acceptors (Lipinski definition) is 3. The number of benzene rings is 10. The smallest absolute Gasteiger partial charge is 0.159 e. The van der Waals surface area contributed by atoms with Gasteiger partial charge in [0, 0.05) is 44.6 Å². The molecule has 0 radical (unpaired) electrons. The van der Waals surface area contributed by atoms with Crippen LogP contribution in [0.25, 0.3) is 66.4 Å². The SMILES string of the molecule is CC1(C)c2ccccc2-c2ccc(N(c3cc(-c4c(-c5ccccc5)cccc4-c4ccccc4)cc(N(c4ccccc4)c4ccccc4)c3)c3cccc4c3oc3ccccc34)cc21. The Hall–Kier alpha value is -8.40. The number of fused-ring (bicyclic) bond motifs is 6. The molecule has 1 heterocycles. The molecule has 0 unspecified atom stereocenters. The standard InChI is InChI=1S/C63H46N2O/c1-63(2)57-34-17-15-29-53(57)54-38-37-48(42-58(54)63)65(59-35-20-33-56-55-30-16-18-36-60(55)66-62(56)59)50-40-45(39-49(41-50)64(46-25-11-5-12-26-46)47-27-13-6-14-28-47)61-51(43-21-7-3-8-22-43)31-19-32-52(61)44-23-9-4-10-24-44/h3-42H,1-2H3. The number of anilines is 6. The first kappa shape index (κ1) is 39.2. The van der Waals surface area contributed by atoms with Crippen molar-refractivity contribution in [1.29, 1.82) is 0 Å². The molecule has 1 aliphatic carbocycles. The van der Waals surface area contributed by atoms with Gasteiger partial charge in [-0.2, -0.15) is 0 Å². The van der Waals surface area contributed by atoms with Gasteiger partial charge in [-0.1, -0.05) is 190 Å². The average Bonchev–Trinajstić information content (AvgIpc) is 3.87. The Morgan fingerprint density at radius 2 is 0.848 bits per heavy atom. The van der Waals surface area contributed by atoms with Gasteiger partial charge in [0.15, 0.2) is 5.58 Å². The van der Waals surface area contributed by atoms with Crippen LogP contribution in [0.15, 0.2) is 247 Å². The van der Waals surface area contributed by atoms with Crippen LogP contribution in [0, 0.1) is 0 Å². The Morgan fingerprint density at radius 3 is 1.52 bits per heavy atom. The van der Waals surface area contributed by atoms with E-state index in [1.165, 1.54) is 22.3 Å². The number of para-hydroxylation sites is 4. The molecule has 12 rings (SSSR count). The third-order valence-electron chi connectivity index (χ3n) is 13.4. The maximum absolute atomic E-state index is 6.92. The molecule has 0 amide bonds. The second-order valence-corrected chi connectivity index (χ2v) is 17.7. The van der Waals surface area contributed by atoms with Gasteiger partial charge in [0.2, 0.25) is 0 Å². The van der Waals surface area contributed by atoms with Crippen LogP contribution in [0.5, 0.6) is 0 Å². The van der Waals surface area contributed by atoms with Crippen LogP contribution < -0.4 is 9.80 Å². The summed E-state index contributed by atoms with van der Waals surface area (Å²) in [4.78, 5) is 4.81. The van der Waals surface area contributed by atoms with E-state index in [1.54, 1.807) is 0 Å². The zero-order valence-electron chi connectivity index (χ0n) is 36.9. The van der Waals surface area contributed by atoms with Crippen molar-refractivity contribution in [3.05, 3.63) is 254 Å². The number of hydrogen-bond donors (Lipinski definition) is 0. The molecule has 0 fully saturated rings. The lowest BCUT2D eigenvalue weighted by Gasteiger charge is -2.31. The molecule has 0 spiro atoms. The van der Waals surface area contributed by atoms with E-state index < -0.39 is 0 Å². The summed E-state index contributed by atoms with van der Waals surface area (Å²) >= 11 is 0. The Labute approximate surface area is 386 Å². The second kappa shape index (κ2) is 16.0. The third kappa shape index (κ3) is 6.59. The van der Waals surface area contributed by atoms with Crippen molar-refractivity contribution in [2.24, 2.45) is 0 Å². The maximum atomic E-state index is 6.92. The van der Waals surface area contributed by atoms with Crippen LogP contribution >= 0.6 is 0 Å². The molecule has 3 heteroatoms. The van der Waals surface area contributed by atoms with Crippen LogP contribution in [0.3, 0.4) is 0 Å². The van der Waals surface area contributed by atoms with Gasteiger partial charge in [-0.25, -0.2) is 0 Å². The van der Waals surface area contributed by atoms with Crippen LogP contribution in [0.2, 0.25) is 0 Å². The third-order valence-corrected chi connectivity index (χ3v) is 13.4.